The van der Waals surface area contributed by atoms with Gasteiger partial charge in [0.05, 0.1) is 0 Å². The van der Waals surface area contributed by atoms with Gasteiger partial charge in [0.1, 0.15) is 11.6 Å². The Balaban J connectivity index is 3.25. The third kappa shape index (κ3) is 1.39. The lowest BCUT2D eigenvalue weighted by atomic mass is 10.1. The average Bonchev–Trinajstić information content (AvgIpc) is 2.01. The van der Waals surface area contributed by atoms with Crippen molar-refractivity contribution in [3.05, 3.63) is 34.9 Å². The van der Waals surface area contributed by atoms with E-state index in [0.29, 0.717) is 12.0 Å². The fourth-order valence-electron chi connectivity index (χ4n) is 0.991. The van der Waals surface area contributed by atoms with Gasteiger partial charge in [0.15, 0.2) is 0 Å². The van der Waals surface area contributed by atoms with E-state index in [1.165, 1.54) is 19.1 Å². The molecule has 60 valence electrons. The number of aryl methyl sites for hydroxylation is 1. The predicted molar refractivity (Wildman–Crippen MR) is 40.5 cm³/mol. The molecule has 1 rings (SSSR count). The fraction of sp³-hybridized carbons (Fsp3) is 0.333. The first kappa shape index (κ1) is 8.18. The highest BCUT2D eigenvalue weighted by molar-refractivity contribution is 5.26. The molecule has 2 heteroatoms. The maximum Gasteiger partial charge on any atom is 0.132 e. The van der Waals surface area contributed by atoms with Crippen molar-refractivity contribution in [2.75, 3.05) is 0 Å². The summed E-state index contributed by atoms with van der Waals surface area (Å²) in [4.78, 5) is 0. The quantitative estimate of drug-likeness (QED) is 0.586. The molecule has 0 unspecified atom stereocenters. The Morgan fingerprint density at radius 1 is 1.27 bits per heavy atom. The molecule has 0 nitrogen and oxygen atoms in total. The summed E-state index contributed by atoms with van der Waals surface area (Å²) < 4.78 is 25.7. The first-order valence-corrected chi connectivity index (χ1v) is 3.60. The van der Waals surface area contributed by atoms with E-state index in [1.54, 1.807) is 0 Å². The summed E-state index contributed by atoms with van der Waals surface area (Å²) in [5.74, 6) is -0.882. The Morgan fingerprint density at radius 2 is 1.91 bits per heavy atom. The van der Waals surface area contributed by atoms with Crippen LogP contribution in [0.3, 0.4) is 0 Å². The van der Waals surface area contributed by atoms with E-state index >= 15 is 0 Å². The van der Waals surface area contributed by atoms with Crippen LogP contribution in [-0.2, 0) is 6.42 Å². The molecular weight excluding hydrogens is 146 g/mol. The Bertz CT molecular complexity index is 267. The van der Waals surface area contributed by atoms with Crippen LogP contribution >= 0.6 is 0 Å². The van der Waals surface area contributed by atoms with Gasteiger partial charge in [-0.3, -0.25) is 0 Å². The zero-order valence-electron chi connectivity index (χ0n) is 6.62. The van der Waals surface area contributed by atoms with Gasteiger partial charge in [-0.05, 0) is 25.0 Å². The minimum Gasteiger partial charge on any atom is -0.207 e. The highest BCUT2D eigenvalue weighted by atomic mass is 19.1. The molecule has 0 saturated heterocycles. The minimum absolute atomic E-state index is 0.115. The van der Waals surface area contributed by atoms with Gasteiger partial charge < -0.3 is 0 Å². The summed E-state index contributed by atoms with van der Waals surface area (Å²) in [5, 5.41) is 0. The summed E-state index contributed by atoms with van der Waals surface area (Å²) in [6.45, 7) is 3.29. The zero-order valence-corrected chi connectivity index (χ0v) is 6.62. The fourth-order valence-corrected chi connectivity index (χ4v) is 0.991. The summed E-state index contributed by atoms with van der Waals surface area (Å²) in [7, 11) is 0. The number of hydrogen-bond acceptors (Lipinski definition) is 0. The molecule has 0 fully saturated rings. The SMILES string of the molecule is CCc1ccc(F)c(C)c1F. The molecule has 0 aromatic heterocycles. The van der Waals surface area contributed by atoms with Crippen LogP contribution in [0.15, 0.2) is 12.1 Å². The van der Waals surface area contributed by atoms with E-state index < -0.39 is 11.6 Å². The molecule has 11 heavy (non-hydrogen) atoms. The average molecular weight is 156 g/mol. The Kier molecular flexibility index (Phi) is 2.22. The molecule has 0 saturated carbocycles. The highest BCUT2D eigenvalue weighted by Gasteiger charge is 2.06. The molecule has 0 aliphatic heterocycles. The molecule has 0 heterocycles. The number of benzene rings is 1. The molecule has 0 radical (unpaired) electrons. The van der Waals surface area contributed by atoms with Crippen LogP contribution < -0.4 is 0 Å². The van der Waals surface area contributed by atoms with Crippen LogP contribution in [0.2, 0.25) is 0 Å². The first-order chi connectivity index (χ1) is 5.16. The smallest absolute Gasteiger partial charge is 0.132 e. The normalized spacial score (nSPS) is 10.2. The molecular formula is C9H10F2. The largest absolute Gasteiger partial charge is 0.207 e. The lowest BCUT2D eigenvalue weighted by Crippen LogP contribution is -1.94. The molecule has 0 bridgehead atoms. The second kappa shape index (κ2) is 2.99. The van der Waals surface area contributed by atoms with Crippen molar-refractivity contribution in [2.45, 2.75) is 20.3 Å². The molecule has 0 spiro atoms. The Hall–Kier alpha value is -0.920. The maximum atomic E-state index is 13.0. The van der Waals surface area contributed by atoms with E-state index in [-0.39, 0.29) is 5.56 Å². The van der Waals surface area contributed by atoms with Crippen LogP contribution in [0.5, 0.6) is 0 Å². The number of rotatable bonds is 1. The zero-order chi connectivity index (χ0) is 8.43. The molecule has 1 aromatic rings. The Morgan fingerprint density at radius 3 is 2.45 bits per heavy atom. The van der Waals surface area contributed by atoms with Gasteiger partial charge in [-0.1, -0.05) is 13.0 Å². The van der Waals surface area contributed by atoms with Gasteiger partial charge in [-0.15, -0.1) is 0 Å². The van der Waals surface area contributed by atoms with E-state index in [1.807, 2.05) is 6.92 Å². The lowest BCUT2D eigenvalue weighted by Gasteiger charge is -2.02. The van der Waals surface area contributed by atoms with Crippen molar-refractivity contribution in [1.29, 1.82) is 0 Å². The van der Waals surface area contributed by atoms with Crippen molar-refractivity contribution < 1.29 is 8.78 Å². The van der Waals surface area contributed by atoms with Gasteiger partial charge in [0.2, 0.25) is 0 Å². The van der Waals surface area contributed by atoms with E-state index in [0.717, 1.165) is 0 Å². The molecule has 0 aliphatic carbocycles. The molecule has 0 N–H and O–H groups in total. The number of halogens is 2. The van der Waals surface area contributed by atoms with Crippen LogP contribution in [0.25, 0.3) is 0 Å². The highest BCUT2D eigenvalue weighted by Crippen LogP contribution is 2.15. The van der Waals surface area contributed by atoms with E-state index in [2.05, 4.69) is 0 Å². The van der Waals surface area contributed by atoms with Crippen molar-refractivity contribution in [2.24, 2.45) is 0 Å². The van der Waals surface area contributed by atoms with Gasteiger partial charge in [-0.25, -0.2) is 8.78 Å². The first-order valence-electron chi connectivity index (χ1n) is 3.60. The minimum atomic E-state index is -0.472. The molecule has 0 aliphatic rings. The predicted octanol–water partition coefficient (Wildman–Crippen LogP) is 2.84. The molecule has 1 aromatic carbocycles. The topological polar surface area (TPSA) is 0 Å². The number of hydrogen-bond donors (Lipinski definition) is 0. The lowest BCUT2D eigenvalue weighted by molar-refractivity contribution is 0.558. The standard InChI is InChI=1S/C9H10F2/c1-3-7-4-5-8(10)6(2)9(7)11/h4-5H,3H2,1-2H3. The third-order valence-electron chi connectivity index (χ3n) is 1.78. The van der Waals surface area contributed by atoms with E-state index in [4.69, 9.17) is 0 Å². The summed E-state index contributed by atoms with van der Waals surface area (Å²) in [5.41, 5.74) is 0.688. The monoisotopic (exact) mass is 156 g/mol. The van der Waals surface area contributed by atoms with Gasteiger partial charge >= 0.3 is 0 Å². The second-order valence-electron chi connectivity index (χ2n) is 2.50. The second-order valence-corrected chi connectivity index (χ2v) is 2.50. The van der Waals surface area contributed by atoms with Crippen molar-refractivity contribution >= 4 is 0 Å². The van der Waals surface area contributed by atoms with Crippen LogP contribution in [-0.4, -0.2) is 0 Å². The third-order valence-corrected chi connectivity index (χ3v) is 1.78. The van der Waals surface area contributed by atoms with Crippen molar-refractivity contribution in [3.8, 4) is 0 Å². The van der Waals surface area contributed by atoms with Gasteiger partial charge in [-0.2, -0.15) is 0 Å². The maximum absolute atomic E-state index is 13.0. The van der Waals surface area contributed by atoms with Crippen LogP contribution in [0, 0.1) is 18.6 Å². The van der Waals surface area contributed by atoms with Crippen molar-refractivity contribution in [3.63, 3.8) is 0 Å². The van der Waals surface area contributed by atoms with Crippen molar-refractivity contribution in [1.82, 2.24) is 0 Å². The van der Waals surface area contributed by atoms with Gasteiger partial charge in [0, 0.05) is 5.56 Å². The van der Waals surface area contributed by atoms with E-state index in [9.17, 15) is 8.78 Å². The summed E-state index contributed by atoms with van der Waals surface area (Å²) in [6.07, 6.45) is 0.604. The summed E-state index contributed by atoms with van der Waals surface area (Å²) in [6, 6.07) is 2.79. The molecule has 0 atom stereocenters. The Labute approximate surface area is 64.9 Å². The molecule has 0 amide bonds. The summed E-state index contributed by atoms with van der Waals surface area (Å²) >= 11 is 0. The van der Waals surface area contributed by atoms with Crippen LogP contribution in [0.4, 0.5) is 8.78 Å². The van der Waals surface area contributed by atoms with Crippen LogP contribution in [0.1, 0.15) is 18.1 Å². The van der Waals surface area contributed by atoms with Gasteiger partial charge in [0.25, 0.3) is 0 Å².